The molecular formula is C10H23IN4O. The summed E-state index contributed by atoms with van der Waals surface area (Å²) >= 11 is 0. The first kappa shape index (κ1) is 17.9. The molecular weight excluding hydrogens is 319 g/mol. The summed E-state index contributed by atoms with van der Waals surface area (Å²) in [6, 6.07) is 0. The van der Waals surface area contributed by atoms with Crippen LogP contribution in [0.1, 0.15) is 33.1 Å². The zero-order valence-corrected chi connectivity index (χ0v) is 12.4. The van der Waals surface area contributed by atoms with Gasteiger partial charge in [0, 0.05) is 13.1 Å². The van der Waals surface area contributed by atoms with Gasteiger partial charge in [-0.2, -0.15) is 0 Å². The van der Waals surface area contributed by atoms with Gasteiger partial charge in [0.15, 0.2) is 5.96 Å². The number of guanidine groups is 1. The van der Waals surface area contributed by atoms with E-state index in [0.717, 1.165) is 25.8 Å². The molecule has 0 bridgehead atoms. The van der Waals surface area contributed by atoms with Crippen LogP contribution in [0.5, 0.6) is 0 Å². The number of rotatable bonds is 7. The molecule has 0 saturated heterocycles. The predicted molar refractivity (Wildman–Crippen MR) is 78.1 cm³/mol. The van der Waals surface area contributed by atoms with E-state index in [1.165, 1.54) is 0 Å². The highest BCUT2D eigenvalue weighted by Crippen LogP contribution is 1.81. The number of nitrogens with zero attached hydrogens (tertiary/aromatic N) is 1. The molecule has 0 radical (unpaired) electrons. The van der Waals surface area contributed by atoms with Gasteiger partial charge in [-0.15, -0.1) is 24.0 Å². The summed E-state index contributed by atoms with van der Waals surface area (Å²) in [6.07, 6.45) is 3.09. The van der Waals surface area contributed by atoms with Crippen LogP contribution in [0.25, 0.3) is 0 Å². The fourth-order valence-corrected chi connectivity index (χ4v) is 0.926. The third kappa shape index (κ3) is 11.5. The van der Waals surface area contributed by atoms with Crippen molar-refractivity contribution in [3.05, 3.63) is 0 Å². The Morgan fingerprint density at radius 1 is 1.19 bits per heavy atom. The normalized spacial score (nSPS) is 10.5. The average Bonchev–Trinajstić information content (AvgIpc) is 2.24. The van der Waals surface area contributed by atoms with Crippen molar-refractivity contribution in [1.29, 1.82) is 0 Å². The van der Waals surface area contributed by atoms with E-state index in [-0.39, 0.29) is 36.4 Å². The van der Waals surface area contributed by atoms with Gasteiger partial charge in [0.25, 0.3) is 0 Å². The summed E-state index contributed by atoms with van der Waals surface area (Å²) < 4.78 is 0. The Morgan fingerprint density at radius 2 is 1.88 bits per heavy atom. The summed E-state index contributed by atoms with van der Waals surface area (Å²) in [6.45, 7) is 5.71. The smallest absolute Gasteiger partial charge is 0.241 e. The van der Waals surface area contributed by atoms with Crippen LogP contribution in [-0.2, 0) is 4.79 Å². The first-order valence-electron chi connectivity index (χ1n) is 5.51. The van der Waals surface area contributed by atoms with Crippen LogP contribution < -0.4 is 16.4 Å². The molecule has 0 heterocycles. The molecule has 16 heavy (non-hydrogen) atoms. The number of hydrogen-bond donors (Lipinski definition) is 3. The zero-order valence-electron chi connectivity index (χ0n) is 10.1. The van der Waals surface area contributed by atoms with Crippen molar-refractivity contribution in [2.75, 3.05) is 19.6 Å². The van der Waals surface area contributed by atoms with E-state index >= 15 is 0 Å². The molecule has 4 N–H and O–H groups in total. The fraction of sp³-hybridized carbons (Fsp3) is 0.800. The van der Waals surface area contributed by atoms with Gasteiger partial charge in [-0.3, -0.25) is 4.79 Å². The molecule has 0 unspecified atom stereocenters. The average molecular weight is 342 g/mol. The highest BCUT2D eigenvalue weighted by Gasteiger charge is 1.98. The molecule has 0 rings (SSSR count). The minimum absolute atomic E-state index is 0. The maximum atomic E-state index is 11.1. The number of nitrogens with two attached hydrogens (primary N) is 1. The lowest BCUT2D eigenvalue weighted by atomic mass is 10.3. The third-order valence-electron chi connectivity index (χ3n) is 1.80. The van der Waals surface area contributed by atoms with Crippen LogP contribution >= 0.6 is 24.0 Å². The molecule has 0 atom stereocenters. The van der Waals surface area contributed by atoms with Crippen LogP contribution in [0.4, 0.5) is 0 Å². The van der Waals surface area contributed by atoms with Crippen LogP contribution in [0, 0.1) is 0 Å². The van der Waals surface area contributed by atoms with Crippen LogP contribution in [-0.4, -0.2) is 31.5 Å². The van der Waals surface area contributed by atoms with Gasteiger partial charge in [0.2, 0.25) is 5.91 Å². The molecule has 96 valence electrons. The van der Waals surface area contributed by atoms with Gasteiger partial charge in [-0.25, -0.2) is 4.99 Å². The number of carbonyl (C=O) groups excluding carboxylic acids is 1. The Balaban J connectivity index is 0. The zero-order chi connectivity index (χ0) is 11.5. The molecule has 0 aliphatic carbocycles. The molecule has 0 fully saturated rings. The molecule has 0 aromatic carbocycles. The summed E-state index contributed by atoms with van der Waals surface area (Å²) in [5, 5.41) is 5.67. The predicted octanol–water partition coefficient (Wildman–Crippen LogP) is 0.835. The Bertz CT molecular complexity index is 209. The Hall–Kier alpha value is -0.530. The minimum Gasteiger partial charge on any atom is -0.370 e. The largest absolute Gasteiger partial charge is 0.370 e. The number of nitrogens with one attached hydrogen (secondary N) is 2. The number of amides is 1. The van der Waals surface area contributed by atoms with E-state index in [1.807, 2.05) is 6.92 Å². The second kappa shape index (κ2) is 12.5. The van der Waals surface area contributed by atoms with Gasteiger partial charge in [-0.1, -0.05) is 20.3 Å². The topological polar surface area (TPSA) is 79.5 Å². The summed E-state index contributed by atoms with van der Waals surface area (Å²) in [5.74, 6) is 0.257. The van der Waals surface area contributed by atoms with Gasteiger partial charge >= 0.3 is 0 Å². The maximum Gasteiger partial charge on any atom is 0.241 e. The van der Waals surface area contributed by atoms with Crippen molar-refractivity contribution in [2.24, 2.45) is 10.7 Å². The first-order chi connectivity index (χ1) is 7.20. The van der Waals surface area contributed by atoms with Crippen LogP contribution in [0.3, 0.4) is 0 Å². The van der Waals surface area contributed by atoms with E-state index in [9.17, 15) is 4.79 Å². The lowest BCUT2D eigenvalue weighted by Crippen LogP contribution is -2.34. The van der Waals surface area contributed by atoms with E-state index in [2.05, 4.69) is 22.5 Å². The van der Waals surface area contributed by atoms with Gasteiger partial charge in [0.05, 0.1) is 0 Å². The standard InChI is InChI=1S/C10H22N4O.HI/c1-3-5-7-13-10(11)14-8-9(15)12-6-4-2;/h3-8H2,1-2H3,(H,12,15)(H3,11,13,14);1H. The molecule has 0 aromatic rings. The first-order valence-corrected chi connectivity index (χ1v) is 5.51. The third-order valence-corrected chi connectivity index (χ3v) is 1.80. The SMILES string of the molecule is CCCCNC(N)=NCC(=O)NCCC.I. The monoisotopic (exact) mass is 342 g/mol. The number of aliphatic imine (C=N–C) groups is 1. The second-order valence-electron chi connectivity index (χ2n) is 3.33. The van der Waals surface area contributed by atoms with Crippen molar-refractivity contribution in [3.63, 3.8) is 0 Å². The number of carbonyl (C=O) groups is 1. The molecule has 5 nitrogen and oxygen atoms in total. The van der Waals surface area contributed by atoms with Crippen molar-refractivity contribution in [2.45, 2.75) is 33.1 Å². The molecule has 0 spiro atoms. The molecule has 0 aliphatic rings. The van der Waals surface area contributed by atoms with E-state index in [4.69, 9.17) is 5.73 Å². The Kier molecular flexibility index (Phi) is 14.0. The van der Waals surface area contributed by atoms with E-state index in [0.29, 0.717) is 12.5 Å². The fourth-order valence-electron chi connectivity index (χ4n) is 0.926. The van der Waals surface area contributed by atoms with Crippen molar-refractivity contribution < 1.29 is 4.79 Å². The molecule has 0 aliphatic heterocycles. The van der Waals surface area contributed by atoms with Gasteiger partial charge in [-0.05, 0) is 12.8 Å². The maximum absolute atomic E-state index is 11.1. The van der Waals surface area contributed by atoms with E-state index < -0.39 is 0 Å². The van der Waals surface area contributed by atoms with Crippen molar-refractivity contribution in [3.8, 4) is 0 Å². The van der Waals surface area contributed by atoms with Gasteiger partial charge in [0.1, 0.15) is 6.54 Å². The van der Waals surface area contributed by atoms with Crippen LogP contribution in [0.15, 0.2) is 4.99 Å². The minimum atomic E-state index is -0.0860. The molecule has 6 heteroatoms. The Morgan fingerprint density at radius 3 is 2.44 bits per heavy atom. The highest BCUT2D eigenvalue weighted by atomic mass is 127. The van der Waals surface area contributed by atoms with Gasteiger partial charge < -0.3 is 16.4 Å². The second-order valence-corrected chi connectivity index (χ2v) is 3.33. The molecule has 0 aromatic heterocycles. The molecule has 0 saturated carbocycles. The van der Waals surface area contributed by atoms with Crippen LogP contribution in [0.2, 0.25) is 0 Å². The lowest BCUT2D eigenvalue weighted by molar-refractivity contribution is -0.119. The van der Waals surface area contributed by atoms with E-state index in [1.54, 1.807) is 0 Å². The number of hydrogen-bond acceptors (Lipinski definition) is 2. The number of halogens is 1. The number of unbranched alkanes of at least 4 members (excludes halogenated alkanes) is 1. The van der Waals surface area contributed by atoms with Crippen molar-refractivity contribution >= 4 is 35.8 Å². The quantitative estimate of drug-likeness (QED) is 0.278. The summed E-state index contributed by atoms with van der Waals surface area (Å²) in [5.41, 5.74) is 5.55. The highest BCUT2D eigenvalue weighted by molar-refractivity contribution is 14.0. The van der Waals surface area contributed by atoms with Crippen molar-refractivity contribution in [1.82, 2.24) is 10.6 Å². The summed E-state index contributed by atoms with van der Waals surface area (Å²) in [4.78, 5) is 15.1. The lowest BCUT2D eigenvalue weighted by Gasteiger charge is -2.04. The molecule has 1 amide bonds. The Labute approximate surface area is 115 Å². The summed E-state index contributed by atoms with van der Waals surface area (Å²) in [7, 11) is 0.